The average molecular weight is 230 g/mol. The van der Waals surface area contributed by atoms with Crippen molar-refractivity contribution in [3.05, 3.63) is 36.2 Å². The highest BCUT2D eigenvalue weighted by Crippen LogP contribution is 2.35. The first-order valence-corrected chi connectivity index (χ1v) is 6.25. The fourth-order valence-electron chi connectivity index (χ4n) is 2.51. The number of hydrogen-bond acceptors (Lipinski definition) is 3. The first-order valence-electron chi connectivity index (χ1n) is 6.25. The number of aromatic nitrogens is 2. The van der Waals surface area contributed by atoms with Crippen LogP contribution in [0, 0.1) is 5.92 Å². The minimum absolute atomic E-state index is 0.221. The third-order valence-electron chi connectivity index (χ3n) is 3.47. The van der Waals surface area contributed by atoms with Gasteiger partial charge in [-0.2, -0.15) is 10.2 Å². The van der Waals surface area contributed by atoms with Crippen LogP contribution in [0.25, 0.3) is 0 Å². The lowest BCUT2D eigenvalue weighted by atomic mass is 9.78. The maximum atomic E-state index is 11.7. The highest BCUT2D eigenvalue weighted by Gasteiger charge is 2.26. The predicted molar refractivity (Wildman–Crippen MR) is 66.6 cm³/mol. The van der Waals surface area contributed by atoms with Crippen LogP contribution < -0.4 is 0 Å². The number of nitrogens with zero attached hydrogens (tertiary/aromatic N) is 2. The van der Waals surface area contributed by atoms with Crippen molar-refractivity contribution in [2.45, 2.75) is 38.5 Å². The van der Waals surface area contributed by atoms with Crippen LogP contribution in [-0.4, -0.2) is 16.0 Å². The Bertz CT molecular complexity index is 392. The van der Waals surface area contributed by atoms with Crippen LogP contribution in [0.15, 0.2) is 30.5 Å². The van der Waals surface area contributed by atoms with Gasteiger partial charge in [0.05, 0.1) is 5.69 Å². The fourth-order valence-corrected chi connectivity index (χ4v) is 2.51. The molecular weight excluding hydrogens is 212 g/mol. The molecule has 0 saturated heterocycles. The number of hydrogen-bond donors (Lipinski definition) is 0. The molecule has 1 aromatic heterocycles. The van der Waals surface area contributed by atoms with Crippen molar-refractivity contribution in [2.75, 3.05) is 0 Å². The fraction of sp³-hybridized carbons (Fsp3) is 0.500. The van der Waals surface area contributed by atoms with Crippen molar-refractivity contribution in [3.63, 3.8) is 0 Å². The maximum Gasteiger partial charge on any atom is 0.158 e. The van der Waals surface area contributed by atoms with Gasteiger partial charge in [0.1, 0.15) is 0 Å². The maximum absolute atomic E-state index is 11.7. The summed E-state index contributed by atoms with van der Waals surface area (Å²) in [5.74, 6) is 0.988. The molecule has 1 fully saturated rings. The van der Waals surface area contributed by atoms with Gasteiger partial charge in [-0.05, 0) is 50.8 Å². The van der Waals surface area contributed by atoms with Gasteiger partial charge in [0.25, 0.3) is 0 Å². The topological polar surface area (TPSA) is 42.9 Å². The van der Waals surface area contributed by atoms with E-state index in [1.165, 1.54) is 0 Å². The molecule has 0 amide bonds. The first-order chi connectivity index (χ1) is 8.31. The van der Waals surface area contributed by atoms with Crippen LogP contribution >= 0.6 is 0 Å². The van der Waals surface area contributed by atoms with Crippen LogP contribution in [0.5, 0.6) is 0 Å². The Balaban J connectivity index is 1.92. The van der Waals surface area contributed by atoms with E-state index in [1.54, 1.807) is 12.3 Å². The number of rotatable bonds is 3. The van der Waals surface area contributed by atoms with E-state index >= 15 is 0 Å². The lowest BCUT2D eigenvalue weighted by Gasteiger charge is -2.26. The summed E-state index contributed by atoms with van der Waals surface area (Å²) in [5.41, 5.74) is 1.07. The van der Waals surface area contributed by atoms with Crippen molar-refractivity contribution in [1.29, 1.82) is 0 Å². The Morgan fingerprint density at radius 1 is 1.35 bits per heavy atom. The Morgan fingerprint density at radius 3 is 2.71 bits per heavy atom. The van der Waals surface area contributed by atoms with E-state index in [4.69, 9.17) is 0 Å². The largest absolute Gasteiger partial charge is 0.295 e. The van der Waals surface area contributed by atoms with Gasteiger partial charge in [0, 0.05) is 18.0 Å². The van der Waals surface area contributed by atoms with Crippen molar-refractivity contribution < 1.29 is 4.79 Å². The van der Waals surface area contributed by atoms with E-state index < -0.39 is 0 Å². The molecule has 0 aromatic carbocycles. The quantitative estimate of drug-likeness (QED) is 0.750. The molecule has 1 aliphatic rings. The van der Waals surface area contributed by atoms with Gasteiger partial charge < -0.3 is 0 Å². The molecule has 90 valence electrons. The van der Waals surface area contributed by atoms with Crippen molar-refractivity contribution in [1.82, 2.24) is 10.2 Å². The first kappa shape index (κ1) is 12.0. The zero-order valence-corrected chi connectivity index (χ0v) is 10.2. The second-order valence-corrected chi connectivity index (χ2v) is 4.60. The van der Waals surface area contributed by atoms with Crippen LogP contribution in [0.4, 0.5) is 0 Å². The number of carbonyl (C=O) groups is 1. The number of allylic oxidation sites excluding steroid dienone is 2. The van der Waals surface area contributed by atoms with Crippen LogP contribution in [-0.2, 0) is 4.79 Å². The van der Waals surface area contributed by atoms with Gasteiger partial charge in [-0.1, -0.05) is 6.08 Å². The molecule has 0 bridgehead atoms. The Kier molecular flexibility index (Phi) is 4.02. The normalized spacial score (nSPS) is 25.0. The molecule has 0 unspecified atom stereocenters. The van der Waals surface area contributed by atoms with E-state index in [9.17, 15) is 4.79 Å². The second kappa shape index (κ2) is 5.71. The van der Waals surface area contributed by atoms with E-state index in [0.717, 1.165) is 31.4 Å². The van der Waals surface area contributed by atoms with Crippen LogP contribution in [0.2, 0.25) is 0 Å². The zero-order valence-electron chi connectivity index (χ0n) is 10.2. The average Bonchev–Trinajstić information content (AvgIpc) is 2.40. The van der Waals surface area contributed by atoms with Crippen molar-refractivity contribution >= 4 is 5.78 Å². The zero-order chi connectivity index (χ0) is 12.1. The second-order valence-electron chi connectivity index (χ2n) is 4.60. The summed E-state index contributed by atoms with van der Waals surface area (Å²) in [6.45, 7) is 1.89. The number of carbonyl (C=O) groups excluding carboxylic acids is 1. The Morgan fingerprint density at radius 2 is 2.12 bits per heavy atom. The molecule has 0 radical (unpaired) electrons. The van der Waals surface area contributed by atoms with Gasteiger partial charge in [0.15, 0.2) is 5.78 Å². The molecule has 3 heteroatoms. The summed E-state index contributed by atoms with van der Waals surface area (Å²) in [7, 11) is 0. The van der Waals surface area contributed by atoms with Crippen molar-refractivity contribution in [2.24, 2.45) is 5.92 Å². The summed E-state index contributed by atoms with van der Waals surface area (Å²) in [4.78, 5) is 11.7. The number of ketones is 1. The van der Waals surface area contributed by atoms with Crippen LogP contribution in [0.1, 0.15) is 44.2 Å². The van der Waals surface area contributed by atoms with Gasteiger partial charge in [-0.25, -0.2) is 0 Å². The highest BCUT2D eigenvalue weighted by atomic mass is 16.1. The summed E-state index contributed by atoms with van der Waals surface area (Å²) in [6, 6.07) is 3.96. The molecule has 0 aliphatic heterocycles. The monoisotopic (exact) mass is 230 g/mol. The molecule has 1 aromatic rings. The van der Waals surface area contributed by atoms with E-state index in [0.29, 0.717) is 5.92 Å². The SMILES string of the molecule is C/C=C/C(=O)C1CCC(c2cccnn2)CC1. The molecule has 0 spiro atoms. The summed E-state index contributed by atoms with van der Waals surface area (Å²) < 4.78 is 0. The van der Waals surface area contributed by atoms with Crippen molar-refractivity contribution in [3.8, 4) is 0 Å². The highest BCUT2D eigenvalue weighted by molar-refractivity contribution is 5.91. The standard InChI is InChI=1S/C14H18N2O/c1-2-4-14(17)12-8-6-11(7-9-12)13-5-3-10-15-16-13/h2-5,10-12H,6-9H2,1H3/b4-2+. The van der Waals surface area contributed by atoms with Crippen LogP contribution in [0.3, 0.4) is 0 Å². The van der Waals surface area contributed by atoms with E-state index in [2.05, 4.69) is 10.2 Å². The minimum atomic E-state index is 0.221. The Hall–Kier alpha value is -1.51. The Labute approximate surface area is 102 Å². The van der Waals surface area contributed by atoms with Gasteiger partial charge >= 0.3 is 0 Å². The van der Waals surface area contributed by atoms with Gasteiger partial charge in [0.2, 0.25) is 0 Å². The third-order valence-corrected chi connectivity index (χ3v) is 3.47. The minimum Gasteiger partial charge on any atom is -0.295 e. The molecule has 17 heavy (non-hydrogen) atoms. The van der Waals surface area contributed by atoms with E-state index in [1.807, 2.05) is 25.1 Å². The smallest absolute Gasteiger partial charge is 0.158 e. The summed E-state index contributed by atoms with van der Waals surface area (Å²) >= 11 is 0. The molecule has 1 heterocycles. The predicted octanol–water partition coefficient (Wildman–Crippen LogP) is 2.90. The molecule has 1 aliphatic carbocycles. The third kappa shape index (κ3) is 2.99. The molecule has 1 saturated carbocycles. The lowest BCUT2D eigenvalue weighted by Crippen LogP contribution is -2.20. The molecular formula is C14H18N2O. The molecule has 2 rings (SSSR count). The summed E-state index contributed by atoms with van der Waals surface area (Å²) in [6.07, 6.45) is 9.28. The summed E-state index contributed by atoms with van der Waals surface area (Å²) in [5, 5.41) is 8.08. The van der Waals surface area contributed by atoms with Gasteiger partial charge in [-0.3, -0.25) is 4.79 Å². The van der Waals surface area contributed by atoms with Gasteiger partial charge in [-0.15, -0.1) is 0 Å². The molecule has 3 nitrogen and oxygen atoms in total. The lowest BCUT2D eigenvalue weighted by molar-refractivity contribution is -0.119. The van der Waals surface area contributed by atoms with E-state index in [-0.39, 0.29) is 11.7 Å². The molecule has 0 atom stereocenters. The molecule has 0 N–H and O–H groups in total.